The van der Waals surface area contributed by atoms with Crippen molar-refractivity contribution in [3.05, 3.63) is 280 Å². The van der Waals surface area contributed by atoms with E-state index in [2.05, 4.69) is 184 Å². The molecule has 4 aliphatic heterocycles. The van der Waals surface area contributed by atoms with Crippen LogP contribution in [0.25, 0.3) is 56.3 Å². The Kier molecular flexibility index (Phi) is 34.9. The highest BCUT2D eigenvalue weighted by Crippen LogP contribution is 2.38. The summed E-state index contributed by atoms with van der Waals surface area (Å²) in [5.41, 5.74) is 23.4. The van der Waals surface area contributed by atoms with Gasteiger partial charge in [0.25, 0.3) is 0 Å². The predicted octanol–water partition coefficient (Wildman–Crippen LogP) is 16.4. The molecule has 4 aliphatic rings. The molecular formula is C90H98Cl3IN22OS2. The topological polar surface area (TPSA) is 250 Å². The Morgan fingerprint density at radius 3 is 1.13 bits per heavy atom. The molecule has 4 saturated heterocycles. The van der Waals surface area contributed by atoms with Crippen LogP contribution in [-0.4, -0.2) is 225 Å². The molecule has 614 valence electrons. The van der Waals surface area contributed by atoms with Crippen molar-refractivity contribution >= 4 is 116 Å². The molecule has 17 rings (SSSR count). The summed E-state index contributed by atoms with van der Waals surface area (Å²) in [7, 11) is 8.60. The molecule has 0 unspecified atom stereocenters. The third kappa shape index (κ3) is 27.7. The van der Waals surface area contributed by atoms with Gasteiger partial charge in [-0.25, -0.2) is 59.8 Å². The molecule has 10 heterocycles. The lowest BCUT2D eigenvalue weighted by Crippen LogP contribution is -2.45. The van der Waals surface area contributed by atoms with E-state index in [4.69, 9.17) is 66.2 Å². The van der Waals surface area contributed by atoms with Crippen molar-refractivity contribution in [2.24, 2.45) is 5.73 Å². The molecule has 0 amide bonds. The van der Waals surface area contributed by atoms with Gasteiger partial charge < -0.3 is 50.7 Å². The number of piperazine rings is 4. The first kappa shape index (κ1) is 89.6. The van der Waals surface area contributed by atoms with E-state index < -0.39 is 0 Å². The molecule has 0 saturated carbocycles. The zero-order valence-corrected chi connectivity index (χ0v) is 72.4. The molecule has 0 radical (unpaired) electrons. The number of ketones is 1. The first-order valence-corrected chi connectivity index (χ1v) is 42.6. The number of carbonyl (C=O) groups is 1. The smallest absolute Gasteiger partial charge is 0.226 e. The Morgan fingerprint density at radius 1 is 0.378 bits per heavy atom. The van der Waals surface area contributed by atoms with Crippen LogP contribution < -0.4 is 31.1 Å². The first-order chi connectivity index (χ1) is 57.5. The Balaban J connectivity index is 0.000000145. The normalized spacial score (nSPS) is 14.3. The van der Waals surface area contributed by atoms with E-state index in [0.29, 0.717) is 11.6 Å². The lowest BCUT2D eigenvalue weighted by molar-refractivity contribution is -0.117. The molecule has 0 spiro atoms. The molecule has 0 bridgehead atoms. The van der Waals surface area contributed by atoms with Gasteiger partial charge in [0.1, 0.15) is 5.15 Å². The zero-order chi connectivity index (χ0) is 82.4. The quantitative estimate of drug-likeness (QED) is 0.0395. The fourth-order valence-electron chi connectivity index (χ4n) is 12.7. The Bertz CT molecular complexity index is 5260. The van der Waals surface area contributed by atoms with Crippen LogP contribution in [0.15, 0.2) is 275 Å². The van der Waals surface area contributed by atoms with E-state index >= 15 is 0 Å². The fourth-order valence-corrected chi connectivity index (χ4v) is 15.6. The van der Waals surface area contributed by atoms with Gasteiger partial charge in [-0.3, -0.25) is 4.79 Å². The summed E-state index contributed by atoms with van der Waals surface area (Å²) in [6.45, 7) is 16.1. The van der Waals surface area contributed by atoms with Crippen molar-refractivity contribution in [3.8, 4) is 56.3 Å². The number of likely N-dealkylation sites (N-methyl/N-ethyl adjacent to an activating group) is 4. The predicted molar refractivity (Wildman–Crippen MR) is 496 cm³/mol. The Morgan fingerprint density at radius 2 is 0.731 bits per heavy atom. The average molecular weight is 1800 g/mol. The molecule has 13 aromatic rings. The van der Waals surface area contributed by atoms with Gasteiger partial charge in [0.05, 0.1) is 48.4 Å². The van der Waals surface area contributed by atoms with E-state index in [1.54, 1.807) is 35.8 Å². The lowest BCUT2D eigenvalue weighted by atomic mass is 10.1. The summed E-state index contributed by atoms with van der Waals surface area (Å²) < 4.78 is 1.09. The van der Waals surface area contributed by atoms with Crippen molar-refractivity contribution in [1.82, 2.24) is 79.4 Å². The number of nitrogens with zero attached hydrogens (tertiary/aromatic N) is 20. The number of anilines is 5. The van der Waals surface area contributed by atoms with Crippen molar-refractivity contribution in [2.75, 3.05) is 165 Å². The van der Waals surface area contributed by atoms with Gasteiger partial charge in [-0.05, 0) is 128 Å². The van der Waals surface area contributed by atoms with Gasteiger partial charge in [0.15, 0.2) is 5.78 Å². The van der Waals surface area contributed by atoms with Crippen LogP contribution in [0.3, 0.4) is 0 Å². The summed E-state index contributed by atoms with van der Waals surface area (Å²) >= 11 is 22.0. The third-order valence-electron chi connectivity index (χ3n) is 19.3. The average Bonchev–Trinajstić information content (AvgIpc) is 0.819. The summed E-state index contributed by atoms with van der Waals surface area (Å²) in [6.07, 6.45) is 11.1. The van der Waals surface area contributed by atoms with E-state index in [-0.39, 0.29) is 30.3 Å². The fraction of sp³-hybridized carbons (Fsp3) is 0.256. The van der Waals surface area contributed by atoms with Gasteiger partial charge in [-0.2, -0.15) is 0 Å². The molecular weight excluding hydrogens is 1700 g/mol. The molecule has 6 aromatic heterocycles. The van der Waals surface area contributed by atoms with Crippen molar-refractivity contribution in [2.45, 2.75) is 33.4 Å². The second-order valence-electron chi connectivity index (χ2n) is 28.1. The van der Waals surface area contributed by atoms with Gasteiger partial charge in [-0.1, -0.05) is 212 Å². The van der Waals surface area contributed by atoms with Gasteiger partial charge >= 0.3 is 0 Å². The number of Topliss-reactive ketones (excluding diaryl/α,β-unsaturated/α-hetero) is 1. The highest BCUT2D eigenvalue weighted by Gasteiger charge is 2.24. The van der Waals surface area contributed by atoms with Gasteiger partial charge in [0.2, 0.25) is 34.4 Å². The summed E-state index contributed by atoms with van der Waals surface area (Å²) in [5, 5.41) is 0.823. The second-order valence-corrected chi connectivity index (χ2v) is 32.5. The zero-order valence-electron chi connectivity index (χ0n) is 66.3. The summed E-state index contributed by atoms with van der Waals surface area (Å²) in [6, 6.07) is 72.2. The summed E-state index contributed by atoms with van der Waals surface area (Å²) in [5.74, 6) is 3.30. The highest BCUT2D eigenvalue weighted by atomic mass is 127. The number of benzene rings is 7. The maximum atomic E-state index is 11.7. The minimum absolute atomic E-state index is 0. The molecule has 29 heteroatoms. The molecule has 4 N–H and O–H groups in total. The van der Waals surface area contributed by atoms with Crippen LogP contribution in [0.2, 0.25) is 15.7 Å². The molecule has 7 aromatic carbocycles. The molecule has 119 heavy (non-hydrogen) atoms. The van der Waals surface area contributed by atoms with Crippen LogP contribution in [0.1, 0.15) is 13.0 Å². The summed E-state index contributed by atoms with van der Waals surface area (Å²) in [4.78, 5) is 87.1. The number of aromatic nitrogens is 12. The highest BCUT2D eigenvalue weighted by molar-refractivity contribution is 14.1. The van der Waals surface area contributed by atoms with Crippen LogP contribution in [0.4, 0.5) is 29.5 Å². The molecule has 0 atom stereocenters. The van der Waals surface area contributed by atoms with Crippen LogP contribution >= 0.6 is 80.9 Å². The van der Waals surface area contributed by atoms with Gasteiger partial charge in [0, 0.05) is 192 Å². The maximum absolute atomic E-state index is 11.7. The lowest BCUT2D eigenvalue weighted by Gasteiger charge is -2.32. The number of halogens is 4. The van der Waals surface area contributed by atoms with E-state index in [1.165, 1.54) is 6.20 Å². The second kappa shape index (κ2) is 46.4. The van der Waals surface area contributed by atoms with E-state index in [0.717, 1.165) is 219 Å². The van der Waals surface area contributed by atoms with Crippen LogP contribution in [-0.2, 0) is 11.2 Å². The van der Waals surface area contributed by atoms with Crippen LogP contribution in [0, 0.1) is 3.57 Å². The Hall–Kier alpha value is -10.2. The monoisotopic (exact) mass is 1800 g/mol. The molecule has 23 nitrogen and oxygen atoms in total. The standard InChI is InChI=1S/C24H27N5OS.C21H23N5S.C15H17IN4.C15H18N4.C10H7ClN2.C4H2Cl2N2.CH4/c1-28-10-12-29(13-11-28)24-26-17-22(23(27-24)19-7-3-2-4-8-19)31-21-9-5-6-18(15-21)14-20(30)16-25;1-25-10-12-26(13-11-25)21-23-15-19(27-18-9-5-8-17(22)14-18)20(24-21)16-6-3-2-4-7-16;1-19-7-9-20(10-8-19)15-17-11-13(16)14(18-15)12-5-3-2-4-6-12;1-18-9-11-19(12-10-18)15-16-8-7-14(17-15)13-5-3-2-4-6-13;11-10-12-7-6-9(13-10)8-4-2-1-3-5-8;5-3-1-2-7-4(6)8-3;/h2-9,15,17H,10-14,16,25H2,1H3;2-9,14-15H,10-13,22H2,1H3;2-6,11H,7-10H2,1H3;2-8H,9-12H2,1H3;1-7H;1-2H;1H4. The third-order valence-corrected chi connectivity index (χ3v) is 22.7. The minimum atomic E-state index is 0. The number of hydrogen-bond acceptors (Lipinski definition) is 25. The number of nitrogens with two attached hydrogens (primary N) is 2. The maximum Gasteiger partial charge on any atom is 0.226 e. The van der Waals surface area contributed by atoms with E-state index in [1.807, 2.05) is 183 Å². The van der Waals surface area contributed by atoms with E-state index in [9.17, 15) is 4.79 Å². The van der Waals surface area contributed by atoms with Crippen LogP contribution in [0.5, 0.6) is 0 Å². The molecule has 4 fully saturated rings. The number of rotatable bonds is 16. The molecule has 0 aliphatic carbocycles. The van der Waals surface area contributed by atoms with Gasteiger partial charge in [-0.15, -0.1) is 0 Å². The number of nitrogen functional groups attached to an aromatic ring is 1. The largest absolute Gasteiger partial charge is 0.399 e. The van der Waals surface area contributed by atoms with Crippen molar-refractivity contribution in [3.63, 3.8) is 0 Å². The number of hydrogen-bond donors (Lipinski definition) is 2. The number of carbonyl (C=O) groups excluding carboxylic acids is 1. The Labute approximate surface area is 735 Å². The first-order valence-electron chi connectivity index (χ1n) is 38.8. The minimum Gasteiger partial charge on any atom is -0.399 e. The SMILES string of the molecule is C.CN1CCN(c2ncc(I)c(-c3ccccc3)n2)CC1.CN1CCN(c2ncc(Sc3cccc(CC(=O)CN)c3)c(-c3ccccc3)n2)CC1.CN1CCN(c2ncc(Sc3cccc(N)c3)c(-c3ccccc3)n2)CC1.CN1CCN(c2nccc(-c3ccccc3)n2)CC1.Clc1ccnc(Cl)n1.Clc1nccc(-c2ccccc2)n1. The van der Waals surface area contributed by atoms with Crippen molar-refractivity contribution < 1.29 is 4.79 Å². The van der Waals surface area contributed by atoms with Crippen molar-refractivity contribution in [1.29, 1.82) is 0 Å².